The van der Waals surface area contributed by atoms with Crippen molar-refractivity contribution in [3.05, 3.63) is 41.6 Å². The second kappa shape index (κ2) is 8.92. The predicted molar refractivity (Wildman–Crippen MR) is 113 cm³/mol. The standard InChI is InChI=1S/C21H26N4O2S/c1-15-4-2-5-16(12-15)19-22-14-18(20(24-19)25-7-10-28-11-8-25)21(26)23-13-17-6-3-9-27-17/h2,4-5,12,14,17H,3,6-11,13H2,1H3,(H,23,26). The van der Waals surface area contributed by atoms with Crippen molar-refractivity contribution in [1.29, 1.82) is 0 Å². The second-order valence-electron chi connectivity index (χ2n) is 7.24. The number of aromatic nitrogens is 2. The minimum absolute atomic E-state index is 0.117. The molecule has 0 spiro atoms. The Labute approximate surface area is 170 Å². The Morgan fingerprint density at radius 3 is 2.96 bits per heavy atom. The number of aryl methyl sites for hydroxylation is 1. The second-order valence-corrected chi connectivity index (χ2v) is 8.47. The van der Waals surface area contributed by atoms with Crippen LogP contribution >= 0.6 is 11.8 Å². The summed E-state index contributed by atoms with van der Waals surface area (Å²) >= 11 is 1.94. The molecule has 6 nitrogen and oxygen atoms in total. The maximum Gasteiger partial charge on any atom is 0.256 e. The Bertz CT molecular complexity index is 833. The quantitative estimate of drug-likeness (QED) is 0.835. The van der Waals surface area contributed by atoms with Crippen molar-refractivity contribution in [2.45, 2.75) is 25.9 Å². The van der Waals surface area contributed by atoms with E-state index in [-0.39, 0.29) is 12.0 Å². The number of rotatable bonds is 5. The van der Waals surface area contributed by atoms with Crippen LogP contribution in [0.25, 0.3) is 11.4 Å². The van der Waals surface area contributed by atoms with Crippen LogP contribution < -0.4 is 10.2 Å². The lowest BCUT2D eigenvalue weighted by molar-refractivity contribution is 0.0857. The van der Waals surface area contributed by atoms with Crippen LogP contribution in [0.1, 0.15) is 28.8 Å². The summed E-state index contributed by atoms with van der Waals surface area (Å²) in [4.78, 5) is 24.4. The molecule has 4 rings (SSSR count). The van der Waals surface area contributed by atoms with Gasteiger partial charge in [0, 0.05) is 49.5 Å². The van der Waals surface area contributed by atoms with Gasteiger partial charge in [0.25, 0.3) is 5.91 Å². The number of thioether (sulfide) groups is 1. The van der Waals surface area contributed by atoms with E-state index in [2.05, 4.69) is 34.3 Å². The van der Waals surface area contributed by atoms with Gasteiger partial charge in [-0.25, -0.2) is 9.97 Å². The van der Waals surface area contributed by atoms with E-state index in [0.717, 1.165) is 61.0 Å². The highest BCUT2D eigenvalue weighted by Crippen LogP contribution is 2.25. The van der Waals surface area contributed by atoms with E-state index in [9.17, 15) is 4.79 Å². The molecule has 148 valence electrons. The molecule has 1 unspecified atom stereocenters. The van der Waals surface area contributed by atoms with Gasteiger partial charge in [-0.3, -0.25) is 4.79 Å². The topological polar surface area (TPSA) is 67.3 Å². The molecule has 0 radical (unpaired) electrons. The first-order valence-electron chi connectivity index (χ1n) is 9.87. The Morgan fingerprint density at radius 2 is 2.21 bits per heavy atom. The largest absolute Gasteiger partial charge is 0.376 e. The molecule has 2 aliphatic rings. The molecule has 3 heterocycles. The molecule has 2 fully saturated rings. The molecule has 0 aliphatic carbocycles. The van der Waals surface area contributed by atoms with Crippen molar-refractivity contribution in [1.82, 2.24) is 15.3 Å². The minimum Gasteiger partial charge on any atom is -0.376 e. The zero-order chi connectivity index (χ0) is 19.3. The van der Waals surface area contributed by atoms with E-state index in [0.29, 0.717) is 17.9 Å². The number of ether oxygens (including phenoxy) is 1. The number of hydrogen-bond acceptors (Lipinski definition) is 6. The number of carbonyl (C=O) groups excluding carboxylic acids is 1. The van der Waals surface area contributed by atoms with Gasteiger partial charge < -0.3 is 15.0 Å². The highest BCUT2D eigenvalue weighted by molar-refractivity contribution is 7.99. The van der Waals surface area contributed by atoms with Crippen LogP contribution in [0, 0.1) is 6.92 Å². The zero-order valence-electron chi connectivity index (χ0n) is 16.2. The molecule has 2 aromatic rings. The summed E-state index contributed by atoms with van der Waals surface area (Å²) in [5.41, 5.74) is 2.68. The van der Waals surface area contributed by atoms with Gasteiger partial charge in [-0.1, -0.05) is 23.8 Å². The summed E-state index contributed by atoms with van der Waals surface area (Å²) < 4.78 is 5.61. The molecule has 0 bridgehead atoms. The molecule has 7 heteroatoms. The average Bonchev–Trinajstić information content (AvgIpc) is 3.26. The lowest BCUT2D eigenvalue weighted by atomic mass is 10.1. The maximum absolute atomic E-state index is 12.9. The SMILES string of the molecule is Cc1cccc(-c2ncc(C(=O)NCC3CCCO3)c(N3CCSCC3)n2)c1. The summed E-state index contributed by atoms with van der Waals surface area (Å²) in [5, 5.41) is 3.01. The molecular formula is C21H26N4O2S. The van der Waals surface area contributed by atoms with Gasteiger partial charge in [0.2, 0.25) is 0 Å². The molecular weight excluding hydrogens is 372 g/mol. The fourth-order valence-corrected chi connectivity index (χ4v) is 4.48. The molecule has 0 saturated carbocycles. The molecule has 1 amide bonds. The first kappa shape index (κ1) is 19.2. The molecule has 28 heavy (non-hydrogen) atoms. The Morgan fingerprint density at radius 1 is 1.36 bits per heavy atom. The monoisotopic (exact) mass is 398 g/mol. The lowest BCUT2D eigenvalue weighted by Crippen LogP contribution is -2.37. The van der Waals surface area contributed by atoms with Crippen molar-refractivity contribution in [3.8, 4) is 11.4 Å². The highest BCUT2D eigenvalue weighted by atomic mass is 32.2. The third-order valence-corrected chi connectivity index (χ3v) is 6.06. The number of nitrogens with zero attached hydrogens (tertiary/aromatic N) is 3. The molecule has 1 aromatic carbocycles. The van der Waals surface area contributed by atoms with Crippen molar-refractivity contribution in [3.63, 3.8) is 0 Å². The summed E-state index contributed by atoms with van der Waals surface area (Å²) in [6.07, 6.45) is 3.85. The number of benzene rings is 1. The Balaban J connectivity index is 1.61. The van der Waals surface area contributed by atoms with E-state index in [1.807, 2.05) is 23.9 Å². The number of carbonyl (C=O) groups is 1. The van der Waals surface area contributed by atoms with Gasteiger partial charge in [-0.05, 0) is 25.8 Å². The normalized spacial score (nSPS) is 19.6. The van der Waals surface area contributed by atoms with Crippen molar-refractivity contribution in [2.75, 3.05) is 42.6 Å². The summed E-state index contributed by atoms with van der Waals surface area (Å²) in [5.74, 6) is 3.35. The third-order valence-electron chi connectivity index (χ3n) is 5.11. The number of nitrogens with one attached hydrogen (secondary N) is 1. The first-order valence-corrected chi connectivity index (χ1v) is 11.0. The van der Waals surface area contributed by atoms with Crippen LogP contribution in [0.4, 0.5) is 5.82 Å². The lowest BCUT2D eigenvalue weighted by Gasteiger charge is -2.29. The van der Waals surface area contributed by atoms with Gasteiger partial charge in [-0.15, -0.1) is 0 Å². The molecule has 2 saturated heterocycles. The smallest absolute Gasteiger partial charge is 0.256 e. The zero-order valence-corrected chi connectivity index (χ0v) is 17.0. The fourth-order valence-electron chi connectivity index (χ4n) is 3.58. The van der Waals surface area contributed by atoms with Crippen LogP contribution in [-0.2, 0) is 4.74 Å². The summed E-state index contributed by atoms with van der Waals surface area (Å²) in [7, 11) is 0. The van der Waals surface area contributed by atoms with Crippen LogP contribution in [0.2, 0.25) is 0 Å². The molecule has 1 aromatic heterocycles. The summed E-state index contributed by atoms with van der Waals surface area (Å²) in [6, 6.07) is 8.14. The van der Waals surface area contributed by atoms with Crippen LogP contribution in [0.15, 0.2) is 30.5 Å². The van der Waals surface area contributed by atoms with Gasteiger partial charge in [-0.2, -0.15) is 11.8 Å². The van der Waals surface area contributed by atoms with E-state index in [1.165, 1.54) is 0 Å². The van der Waals surface area contributed by atoms with Crippen molar-refractivity contribution >= 4 is 23.5 Å². The maximum atomic E-state index is 12.9. The fraction of sp³-hybridized carbons (Fsp3) is 0.476. The molecule has 1 N–H and O–H groups in total. The van der Waals surface area contributed by atoms with Crippen molar-refractivity contribution in [2.24, 2.45) is 0 Å². The van der Waals surface area contributed by atoms with Gasteiger partial charge >= 0.3 is 0 Å². The highest BCUT2D eigenvalue weighted by Gasteiger charge is 2.23. The summed E-state index contributed by atoms with van der Waals surface area (Å²) in [6.45, 7) is 5.15. The number of amides is 1. The van der Waals surface area contributed by atoms with E-state index < -0.39 is 0 Å². The van der Waals surface area contributed by atoms with E-state index >= 15 is 0 Å². The Kier molecular flexibility index (Phi) is 6.12. The molecule has 2 aliphatic heterocycles. The van der Waals surface area contributed by atoms with Crippen LogP contribution in [0.3, 0.4) is 0 Å². The Hall–Kier alpha value is -2.12. The van der Waals surface area contributed by atoms with Gasteiger partial charge in [0.15, 0.2) is 5.82 Å². The van der Waals surface area contributed by atoms with Crippen LogP contribution in [-0.4, -0.2) is 59.7 Å². The predicted octanol–water partition coefficient (Wildman–Crippen LogP) is 2.91. The number of anilines is 1. The average molecular weight is 399 g/mol. The van der Waals surface area contributed by atoms with E-state index in [4.69, 9.17) is 9.72 Å². The van der Waals surface area contributed by atoms with E-state index in [1.54, 1.807) is 6.20 Å². The first-order chi connectivity index (χ1) is 13.7. The van der Waals surface area contributed by atoms with Crippen LogP contribution in [0.5, 0.6) is 0 Å². The number of hydrogen-bond donors (Lipinski definition) is 1. The minimum atomic E-state index is -0.125. The van der Waals surface area contributed by atoms with Gasteiger partial charge in [0.05, 0.1) is 6.10 Å². The van der Waals surface area contributed by atoms with Crippen molar-refractivity contribution < 1.29 is 9.53 Å². The molecule has 1 atom stereocenters. The van der Waals surface area contributed by atoms with Gasteiger partial charge in [0.1, 0.15) is 11.4 Å². The third kappa shape index (κ3) is 4.47.